The minimum absolute atomic E-state index is 0.188. The highest BCUT2D eigenvalue weighted by Gasteiger charge is 2.29. The molecule has 0 radical (unpaired) electrons. The van der Waals surface area contributed by atoms with Gasteiger partial charge in [-0.3, -0.25) is 15.0 Å². The van der Waals surface area contributed by atoms with Crippen LogP contribution in [0.2, 0.25) is 0 Å². The van der Waals surface area contributed by atoms with E-state index in [1.807, 2.05) is 6.07 Å². The molecule has 5 heteroatoms. The van der Waals surface area contributed by atoms with E-state index in [2.05, 4.69) is 24.1 Å². The molecule has 0 spiro atoms. The monoisotopic (exact) mass is 291 g/mol. The van der Waals surface area contributed by atoms with Gasteiger partial charge in [0.2, 0.25) is 0 Å². The highest BCUT2D eigenvalue weighted by atomic mass is 16.6. The van der Waals surface area contributed by atoms with Crippen LogP contribution in [0.15, 0.2) is 18.2 Å². The molecule has 0 aromatic heterocycles. The van der Waals surface area contributed by atoms with Gasteiger partial charge in [0.15, 0.2) is 0 Å². The van der Waals surface area contributed by atoms with E-state index in [4.69, 9.17) is 0 Å². The Bertz CT molecular complexity index is 486. The van der Waals surface area contributed by atoms with E-state index >= 15 is 0 Å². The minimum Gasteiger partial charge on any atom is -0.379 e. The Morgan fingerprint density at radius 1 is 1.33 bits per heavy atom. The van der Waals surface area contributed by atoms with Crippen LogP contribution in [-0.4, -0.2) is 29.0 Å². The first kappa shape index (κ1) is 15.8. The second kappa shape index (κ2) is 7.41. The number of nitro groups is 1. The van der Waals surface area contributed by atoms with Gasteiger partial charge in [-0.1, -0.05) is 26.0 Å². The third-order valence-corrected chi connectivity index (χ3v) is 3.82. The fraction of sp³-hybridized carbons (Fsp3) is 0.625. The minimum atomic E-state index is -0.289. The largest absolute Gasteiger partial charge is 0.379 e. The molecule has 2 rings (SSSR count). The number of nitro benzene ring substituents is 1. The smallest absolute Gasteiger partial charge is 0.292 e. The second-order valence-corrected chi connectivity index (χ2v) is 5.70. The van der Waals surface area contributed by atoms with Gasteiger partial charge >= 0.3 is 0 Å². The van der Waals surface area contributed by atoms with Gasteiger partial charge in [-0.2, -0.15) is 0 Å². The maximum Gasteiger partial charge on any atom is 0.292 e. The van der Waals surface area contributed by atoms with Crippen molar-refractivity contribution in [2.45, 2.75) is 52.1 Å². The standard InChI is InChI=1S/C16H25N3O2/c1-3-10-17-16-13(6-5-7-15(16)19(20)21)12-18(11-4-2)14-8-9-14/h5-7,14,17H,3-4,8-12H2,1-2H3. The second-order valence-electron chi connectivity index (χ2n) is 5.70. The predicted molar refractivity (Wildman–Crippen MR) is 85.6 cm³/mol. The lowest BCUT2D eigenvalue weighted by molar-refractivity contribution is -0.384. The van der Waals surface area contributed by atoms with Gasteiger partial charge in [0.05, 0.1) is 4.92 Å². The van der Waals surface area contributed by atoms with E-state index in [-0.39, 0.29) is 10.6 Å². The van der Waals surface area contributed by atoms with Crippen molar-refractivity contribution in [2.75, 3.05) is 18.4 Å². The number of anilines is 1. The van der Waals surface area contributed by atoms with Crippen molar-refractivity contribution in [2.24, 2.45) is 0 Å². The van der Waals surface area contributed by atoms with Crippen molar-refractivity contribution < 1.29 is 4.92 Å². The maximum absolute atomic E-state index is 11.2. The van der Waals surface area contributed by atoms with Crippen molar-refractivity contribution >= 4 is 11.4 Å². The molecule has 1 aliphatic rings. The zero-order chi connectivity index (χ0) is 15.2. The molecule has 0 heterocycles. The summed E-state index contributed by atoms with van der Waals surface area (Å²) >= 11 is 0. The maximum atomic E-state index is 11.2. The van der Waals surface area contributed by atoms with Crippen molar-refractivity contribution in [1.82, 2.24) is 4.90 Å². The van der Waals surface area contributed by atoms with Crippen LogP contribution in [-0.2, 0) is 6.54 Å². The molecule has 5 nitrogen and oxygen atoms in total. The van der Waals surface area contributed by atoms with Crippen LogP contribution in [0.4, 0.5) is 11.4 Å². The zero-order valence-corrected chi connectivity index (χ0v) is 13.0. The summed E-state index contributed by atoms with van der Waals surface area (Å²) < 4.78 is 0. The Morgan fingerprint density at radius 2 is 2.10 bits per heavy atom. The normalized spacial score (nSPS) is 14.4. The third kappa shape index (κ3) is 4.17. The summed E-state index contributed by atoms with van der Waals surface area (Å²) in [6.07, 6.45) is 4.58. The van der Waals surface area contributed by atoms with E-state index in [1.54, 1.807) is 12.1 Å². The van der Waals surface area contributed by atoms with Crippen LogP contribution in [0.3, 0.4) is 0 Å². The summed E-state index contributed by atoms with van der Waals surface area (Å²) in [5, 5.41) is 14.5. The highest BCUT2D eigenvalue weighted by molar-refractivity contribution is 5.66. The first-order valence-corrected chi connectivity index (χ1v) is 7.91. The molecule has 1 aromatic rings. The number of rotatable bonds is 9. The van der Waals surface area contributed by atoms with Gasteiger partial charge < -0.3 is 5.32 Å². The summed E-state index contributed by atoms with van der Waals surface area (Å²) in [7, 11) is 0. The average Bonchev–Trinajstić information content (AvgIpc) is 3.29. The number of benzene rings is 1. The van der Waals surface area contributed by atoms with E-state index in [9.17, 15) is 10.1 Å². The fourth-order valence-corrected chi connectivity index (χ4v) is 2.66. The molecule has 21 heavy (non-hydrogen) atoms. The van der Waals surface area contributed by atoms with Crippen LogP contribution in [0.1, 0.15) is 45.1 Å². The van der Waals surface area contributed by atoms with E-state index in [0.29, 0.717) is 11.7 Å². The van der Waals surface area contributed by atoms with E-state index in [0.717, 1.165) is 38.0 Å². The summed E-state index contributed by atoms with van der Waals surface area (Å²) in [5.41, 5.74) is 1.93. The molecule has 1 saturated carbocycles. The zero-order valence-electron chi connectivity index (χ0n) is 13.0. The molecule has 1 fully saturated rings. The van der Waals surface area contributed by atoms with Crippen LogP contribution in [0.25, 0.3) is 0 Å². The molecule has 0 bridgehead atoms. The number of nitrogens with zero attached hydrogens (tertiary/aromatic N) is 2. The summed E-state index contributed by atoms with van der Waals surface area (Å²) in [4.78, 5) is 13.4. The molecule has 0 aliphatic heterocycles. The van der Waals surface area contributed by atoms with Crippen molar-refractivity contribution in [3.8, 4) is 0 Å². The van der Waals surface area contributed by atoms with Crippen molar-refractivity contribution in [3.63, 3.8) is 0 Å². The molecular formula is C16H25N3O2. The van der Waals surface area contributed by atoms with Gasteiger partial charge in [0, 0.05) is 25.2 Å². The first-order chi connectivity index (χ1) is 10.2. The Morgan fingerprint density at radius 3 is 2.67 bits per heavy atom. The van der Waals surface area contributed by atoms with E-state index in [1.165, 1.54) is 12.8 Å². The molecule has 1 aromatic carbocycles. The number of hydrogen-bond acceptors (Lipinski definition) is 4. The molecular weight excluding hydrogens is 266 g/mol. The third-order valence-electron chi connectivity index (χ3n) is 3.82. The van der Waals surface area contributed by atoms with Crippen LogP contribution in [0.5, 0.6) is 0 Å². The lowest BCUT2D eigenvalue weighted by Crippen LogP contribution is -2.27. The summed E-state index contributed by atoms with van der Waals surface area (Å²) in [6.45, 7) is 6.86. The Kier molecular flexibility index (Phi) is 5.56. The van der Waals surface area contributed by atoms with Crippen molar-refractivity contribution in [1.29, 1.82) is 0 Å². The first-order valence-electron chi connectivity index (χ1n) is 7.91. The van der Waals surface area contributed by atoms with Gasteiger partial charge in [-0.05, 0) is 37.8 Å². The predicted octanol–water partition coefficient (Wildman–Crippen LogP) is 3.79. The van der Waals surface area contributed by atoms with Gasteiger partial charge in [-0.15, -0.1) is 0 Å². The molecule has 0 amide bonds. The van der Waals surface area contributed by atoms with Crippen LogP contribution in [0, 0.1) is 10.1 Å². The Balaban J connectivity index is 2.23. The highest BCUT2D eigenvalue weighted by Crippen LogP contribution is 2.33. The number of hydrogen-bond donors (Lipinski definition) is 1. The topological polar surface area (TPSA) is 58.4 Å². The van der Waals surface area contributed by atoms with Crippen molar-refractivity contribution in [3.05, 3.63) is 33.9 Å². The van der Waals surface area contributed by atoms with Gasteiger partial charge in [0.25, 0.3) is 5.69 Å². The lowest BCUT2D eigenvalue weighted by Gasteiger charge is -2.23. The van der Waals surface area contributed by atoms with Crippen LogP contribution < -0.4 is 5.32 Å². The SMILES string of the molecule is CCCNc1c(CN(CCC)C2CC2)cccc1[N+](=O)[O-]. The molecule has 0 saturated heterocycles. The quantitative estimate of drug-likeness (QED) is 0.555. The number of nitrogens with one attached hydrogen (secondary N) is 1. The summed E-state index contributed by atoms with van der Waals surface area (Å²) in [6, 6.07) is 6.06. The molecule has 0 unspecified atom stereocenters. The van der Waals surface area contributed by atoms with Crippen LogP contribution >= 0.6 is 0 Å². The van der Waals surface area contributed by atoms with Gasteiger partial charge in [-0.25, -0.2) is 0 Å². The summed E-state index contributed by atoms with van der Waals surface area (Å²) in [5.74, 6) is 0. The molecule has 0 atom stereocenters. The molecule has 116 valence electrons. The Labute approximate surface area is 126 Å². The average molecular weight is 291 g/mol. The van der Waals surface area contributed by atoms with Gasteiger partial charge in [0.1, 0.15) is 5.69 Å². The fourth-order valence-electron chi connectivity index (χ4n) is 2.66. The van der Waals surface area contributed by atoms with E-state index < -0.39 is 0 Å². The molecule has 1 N–H and O–H groups in total. The number of para-hydroxylation sites is 1. The molecule has 1 aliphatic carbocycles. The lowest BCUT2D eigenvalue weighted by atomic mass is 10.1. The Hall–Kier alpha value is -1.62.